The van der Waals surface area contributed by atoms with E-state index in [1.807, 2.05) is 0 Å². The van der Waals surface area contributed by atoms with Crippen LogP contribution in [0.4, 0.5) is 0 Å². The second kappa shape index (κ2) is 7.34. The van der Waals surface area contributed by atoms with Gasteiger partial charge < -0.3 is 10.5 Å². The van der Waals surface area contributed by atoms with Gasteiger partial charge in [-0.15, -0.1) is 0 Å². The van der Waals surface area contributed by atoms with Crippen LogP contribution < -0.4 is 5.73 Å². The zero-order valence-electron chi connectivity index (χ0n) is 11.9. The number of nitrogens with two attached hydrogens (primary N) is 1. The maximum absolute atomic E-state index is 6.09. The van der Waals surface area contributed by atoms with Crippen molar-refractivity contribution in [3.8, 4) is 0 Å². The van der Waals surface area contributed by atoms with Gasteiger partial charge in [0.15, 0.2) is 0 Å². The third kappa shape index (κ3) is 3.67. The highest BCUT2D eigenvalue weighted by atomic mass is 16.5. The molecule has 0 radical (unpaired) electrons. The van der Waals surface area contributed by atoms with E-state index in [1.54, 1.807) is 7.11 Å². The summed E-state index contributed by atoms with van der Waals surface area (Å²) in [5.74, 6) is 0.708. The van der Waals surface area contributed by atoms with Gasteiger partial charge in [-0.1, -0.05) is 26.7 Å². The molecule has 0 aromatic heterocycles. The smallest absolute Gasteiger partial charge is 0.0503 e. The number of rotatable bonds is 8. The molecular weight excluding hydrogens is 212 g/mol. The lowest BCUT2D eigenvalue weighted by Gasteiger charge is -2.41. The van der Waals surface area contributed by atoms with Crippen molar-refractivity contribution in [1.29, 1.82) is 0 Å². The van der Waals surface area contributed by atoms with Crippen molar-refractivity contribution < 1.29 is 4.74 Å². The van der Waals surface area contributed by atoms with Gasteiger partial charge in [-0.2, -0.15) is 0 Å². The van der Waals surface area contributed by atoms with Crippen LogP contribution in [0.3, 0.4) is 0 Å². The van der Waals surface area contributed by atoms with Gasteiger partial charge in [-0.05, 0) is 31.7 Å². The molecule has 0 amide bonds. The largest absolute Gasteiger partial charge is 0.384 e. The fourth-order valence-electron chi connectivity index (χ4n) is 3.08. The average Bonchev–Trinajstić information content (AvgIpc) is 2.81. The number of likely N-dealkylation sites (tertiary alicyclic amines) is 1. The van der Waals surface area contributed by atoms with Crippen LogP contribution in [0.25, 0.3) is 0 Å². The molecule has 17 heavy (non-hydrogen) atoms. The molecule has 0 bridgehead atoms. The fourth-order valence-corrected chi connectivity index (χ4v) is 3.08. The predicted octanol–water partition coefficient (Wildman–Crippen LogP) is 2.25. The zero-order chi connectivity index (χ0) is 12.7. The Labute approximate surface area is 107 Å². The highest BCUT2D eigenvalue weighted by molar-refractivity contribution is 4.94. The quantitative estimate of drug-likeness (QED) is 0.709. The molecule has 3 nitrogen and oxygen atoms in total. The van der Waals surface area contributed by atoms with Gasteiger partial charge in [0.2, 0.25) is 0 Å². The molecule has 2 N–H and O–H groups in total. The van der Waals surface area contributed by atoms with E-state index in [0.717, 1.165) is 13.2 Å². The summed E-state index contributed by atoms with van der Waals surface area (Å²) in [4.78, 5) is 2.63. The molecule has 0 saturated carbocycles. The summed E-state index contributed by atoms with van der Waals surface area (Å²) in [5, 5.41) is 0. The van der Waals surface area contributed by atoms with Crippen molar-refractivity contribution in [2.45, 2.75) is 51.5 Å². The highest BCUT2D eigenvalue weighted by Crippen LogP contribution is 2.31. The van der Waals surface area contributed by atoms with Crippen LogP contribution in [0.5, 0.6) is 0 Å². The van der Waals surface area contributed by atoms with Crippen molar-refractivity contribution in [2.24, 2.45) is 11.7 Å². The maximum atomic E-state index is 6.09. The van der Waals surface area contributed by atoms with Gasteiger partial charge >= 0.3 is 0 Å². The van der Waals surface area contributed by atoms with Gasteiger partial charge in [0.1, 0.15) is 0 Å². The minimum atomic E-state index is 0.249. The van der Waals surface area contributed by atoms with Crippen molar-refractivity contribution in [2.75, 3.05) is 33.4 Å². The zero-order valence-corrected chi connectivity index (χ0v) is 11.9. The molecule has 0 aromatic rings. The van der Waals surface area contributed by atoms with Crippen molar-refractivity contribution in [3.63, 3.8) is 0 Å². The molecule has 1 rings (SSSR count). The molecular formula is C14H30N2O. The summed E-state index contributed by atoms with van der Waals surface area (Å²) in [7, 11) is 1.80. The van der Waals surface area contributed by atoms with Crippen LogP contribution in [0.15, 0.2) is 0 Å². The van der Waals surface area contributed by atoms with E-state index in [4.69, 9.17) is 10.5 Å². The molecule has 102 valence electrons. The van der Waals surface area contributed by atoms with Crippen molar-refractivity contribution in [3.05, 3.63) is 0 Å². The Morgan fingerprint density at radius 1 is 1.41 bits per heavy atom. The van der Waals surface area contributed by atoms with E-state index < -0.39 is 0 Å². The monoisotopic (exact) mass is 242 g/mol. The summed E-state index contributed by atoms with van der Waals surface area (Å²) in [5.41, 5.74) is 6.33. The Bertz CT molecular complexity index is 204. The molecule has 0 aromatic carbocycles. The molecule has 2 unspecified atom stereocenters. The Kier molecular flexibility index (Phi) is 6.45. The number of unbranched alkanes of at least 4 members (excludes halogenated alkanes) is 1. The topological polar surface area (TPSA) is 38.5 Å². The Balaban J connectivity index is 2.58. The van der Waals surface area contributed by atoms with Crippen LogP contribution >= 0.6 is 0 Å². The van der Waals surface area contributed by atoms with Crippen molar-refractivity contribution in [1.82, 2.24) is 4.90 Å². The van der Waals surface area contributed by atoms with E-state index in [9.17, 15) is 0 Å². The lowest BCUT2D eigenvalue weighted by Crippen LogP contribution is -2.52. The van der Waals surface area contributed by atoms with Crippen molar-refractivity contribution >= 4 is 0 Å². The fraction of sp³-hybridized carbons (Fsp3) is 1.00. The second-order valence-corrected chi connectivity index (χ2v) is 5.44. The molecule has 0 aliphatic carbocycles. The van der Waals surface area contributed by atoms with E-state index in [0.29, 0.717) is 5.92 Å². The molecule has 0 spiro atoms. The minimum absolute atomic E-state index is 0.249. The normalized spacial score (nSPS) is 25.1. The summed E-state index contributed by atoms with van der Waals surface area (Å²) < 4.78 is 5.28. The predicted molar refractivity (Wildman–Crippen MR) is 73.2 cm³/mol. The van der Waals surface area contributed by atoms with E-state index in [2.05, 4.69) is 18.7 Å². The molecule has 1 heterocycles. The van der Waals surface area contributed by atoms with Gasteiger partial charge in [0.05, 0.1) is 6.61 Å². The molecule has 3 heteroatoms. The second-order valence-electron chi connectivity index (χ2n) is 5.44. The maximum Gasteiger partial charge on any atom is 0.0503 e. The number of hydrogen-bond donors (Lipinski definition) is 1. The summed E-state index contributed by atoms with van der Waals surface area (Å²) in [6.45, 7) is 8.60. The first-order valence-corrected chi connectivity index (χ1v) is 7.16. The van der Waals surface area contributed by atoms with Crippen LogP contribution in [-0.2, 0) is 4.74 Å². The van der Waals surface area contributed by atoms with Gasteiger partial charge in [-0.25, -0.2) is 0 Å². The number of methoxy groups -OCH3 is 1. The minimum Gasteiger partial charge on any atom is -0.384 e. The number of hydrogen-bond acceptors (Lipinski definition) is 3. The van der Waals surface area contributed by atoms with Crippen LogP contribution in [0.1, 0.15) is 46.0 Å². The van der Waals surface area contributed by atoms with Gasteiger partial charge in [0.25, 0.3) is 0 Å². The molecule has 1 saturated heterocycles. The Hall–Kier alpha value is -0.120. The van der Waals surface area contributed by atoms with Crippen LogP contribution in [0, 0.1) is 5.92 Å². The lowest BCUT2D eigenvalue weighted by atomic mass is 9.88. The first-order valence-electron chi connectivity index (χ1n) is 7.16. The molecule has 1 fully saturated rings. The Morgan fingerprint density at radius 3 is 2.71 bits per heavy atom. The third-order valence-electron chi connectivity index (χ3n) is 4.39. The lowest BCUT2D eigenvalue weighted by molar-refractivity contribution is 0.0898. The first kappa shape index (κ1) is 14.9. The summed E-state index contributed by atoms with van der Waals surface area (Å²) >= 11 is 0. The van der Waals surface area contributed by atoms with Gasteiger partial charge in [-0.3, -0.25) is 4.90 Å². The summed E-state index contributed by atoms with van der Waals surface area (Å²) in [6, 6.07) is 0. The molecule has 1 aliphatic rings. The van der Waals surface area contributed by atoms with E-state index in [-0.39, 0.29) is 5.54 Å². The van der Waals surface area contributed by atoms with Crippen LogP contribution in [0.2, 0.25) is 0 Å². The van der Waals surface area contributed by atoms with Crippen LogP contribution in [-0.4, -0.2) is 43.8 Å². The standard InChI is InChI=1S/C14H30N2O/c1-4-6-8-14(5-2,12-15)16-9-7-13(10-16)11-17-3/h13H,4-12,15H2,1-3H3. The number of ether oxygens (including phenoxy) is 1. The molecule has 2 atom stereocenters. The SMILES string of the molecule is CCCCC(CC)(CN)N1CCC(COC)C1. The highest BCUT2D eigenvalue weighted by Gasteiger charge is 2.37. The first-order chi connectivity index (χ1) is 8.22. The average molecular weight is 242 g/mol. The van der Waals surface area contributed by atoms with E-state index >= 15 is 0 Å². The summed E-state index contributed by atoms with van der Waals surface area (Å²) in [6.07, 6.45) is 6.23. The van der Waals surface area contributed by atoms with E-state index in [1.165, 1.54) is 45.2 Å². The van der Waals surface area contributed by atoms with Gasteiger partial charge in [0, 0.05) is 25.7 Å². The molecule has 1 aliphatic heterocycles. The number of nitrogens with zero attached hydrogens (tertiary/aromatic N) is 1. The third-order valence-corrected chi connectivity index (χ3v) is 4.39. The Morgan fingerprint density at radius 2 is 2.18 bits per heavy atom.